The molecule has 0 amide bonds. The number of aromatic nitrogens is 3. The van der Waals surface area contributed by atoms with Crippen molar-refractivity contribution >= 4 is 46.2 Å². The van der Waals surface area contributed by atoms with Crippen molar-refractivity contribution in [3.8, 4) is 10.6 Å². The van der Waals surface area contributed by atoms with E-state index in [0.29, 0.717) is 11.1 Å². The predicted molar refractivity (Wildman–Crippen MR) is 86.5 cm³/mol. The third-order valence-electron chi connectivity index (χ3n) is 2.38. The van der Waals surface area contributed by atoms with Gasteiger partial charge in [-0.2, -0.15) is 23.1 Å². The SMILES string of the molecule is CSCc1nnc(SCc2csc(-c3ccsc3)n2)o1. The maximum Gasteiger partial charge on any atom is 0.276 e. The number of thiophene rings is 1. The lowest BCUT2D eigenvalue weighted by atomic mass is 10.4. The van der Waals surface area contributed by atoms with Crippen molar-refractivity contribution in [2.75, 3.05) is 6.26 Å². The van der Waals surface area contributed by atoms with Gasteiger partial charge < -0.3 is 4.42 Å². The Balaban J connectivity index is 1.60. The zero-order valence-electron chi connectivity index (χ0n) is 10.6. The summed E-state index contributed by atoms with van der Waals surface area (Å²) in [6.45, 7) is 0. The van der Waals surface area contributed by atoms with Gasteiger partial charge in [-0.1, -0.05) is 11.8 Å². The number of nitrogens with zero attached hydrogens (tertiary/aromatic N) is 3. The molecule has 0 N–H and O–H groups in total. The second-order valence-corrected chi connectivity index (χ2v) is 7.27. The monoisotopic (exact) mass is 341 g/mol. The molecule has 0 radical (unpaired) electrons. The standard InChI is InChI=1S/C12H11N3OS4/c1-17-7-10-14-15-12(16-10)20-6-9-5-19-11(13-9)8-2-3-18-4-8/h2-5H,6-7H2,1H3. The molecule has 0 aliphatic heterocycles. The van der Waals surface area contributed by atoms with Crippen molar-refractivity contribution in [3.63, 3.8) is 0 Å². The third kappa shape index (κ3) is 3.43. The molecule has 104 valence electrons. The predicted octanol–water partition coefficient (Wildman–Crippen LogP) is 4.41. The normalized spacial score (nSPS) is 11.1. The molecule has 0 fully saturated rings. The summed E-state index contributed by atoms with van der Waals surface area (Å²) < 4.78 is 5.52. The average Bonchev–Trinajstić information content (AvgIpc) is 3.18. The van der Waals surface area contributed by atoms with E-state index in [9.17, 15) is 0 Å². The van der Waals surface area contributed by atoms with E-state index in [1.807, 2.05) is 6.26 Å². The summed E-state index contributed by atoms with van der Waals surface area (Å²) in [5.41, 5.74) is 2.24. The summed E-state index contributed by atoms with van der Waals surface area (Å²) >= 11 is 6.55. The van der Waals surface area contributed by atoms with Gasteiger partial charge in [-0.05, 0) is 17.7 Å². The zero-order valence-corrected chi connectivity index (χ0v) is 13.9. The van der Waals surface area contributed by atoms with Crippen LogP contribution in [0.4, 0.5) is 0 Å². The highest BCUT2D eigenvalue weighted by atomic mass is 32.2. The lowest BCUT2D eigenvalue weighted by molar-refractivity contribution is 0.426. The molecule has 0 saturated heterocycles. The summed E-state index contributed by atoms with van der Waals surface area (Å²) in [5.74, 6) is 2.19. The first-order valence-electron chi connectivity index (χ1n) is 5.76. The van der Waals surface area contributed by atoms with Gasteiger partial charge in [0.1, 0.15) is 5.01 Å². The highest BCUT2D eigenvalue weighted by Gasteiger charge is 2.09. The molecule has 0 aliphatic rings. The Morgan fingerprint density at radius 2 is 2.20 bits per heavy atom. The zero-order chi connectivity index (χ0) is 13.8. The first kappa shape index (κ1) is 14.1. The molecule has 8 heteroatoms. The van der Waals surface area contributed by atoms with Crippen molar-refractivity contribution in [1.29, 1.82) is 0 Å². The van der Waals surface area contributed by atoms with Gasteiger partial charge in [-0.25, -0.2) is 4.98 Å². The van der Waals surface area contributed by atoms with E-state index in [-0.39, 0.29) is 0 Å². The van der Waals surface area contributed by atoms with E-state index in [4.69, 9.17) is 4.42 Å². The van der Waals surface area contributed by atoms with Crippen molar-refractivity contribution in [1.82, 2.24) is 15.2 Å². The topological polar surface area (TPSA) is 51.8 Å². The van der Waals surface area contributed by atoms with Crippen molar-refractivity contribution in [2.45, 2.75) is 16.7 Å². The van der Waals surface area contributed by atoms with Crippen LogP contribution in [-0.2, 0) is 11.5 Å². The van der Waals surface area contributed by atoms with Gasteiger partial charge in [0.2, 0.25) is 5.89 Å². The van der Waals surface area contributed by atoms with Crippen molar-refractivity contribution in [3.05, 3.63) is 33.8 Å². The minimum absolute atomic E-state index is 0.610. The highest BCUT2D eigenvalue weighted by molar-refractivity contribution is 7.98. The number of hydrogen-bond donors (Lipinski definition) is 0. The maximum absolute atomic E-state index is 5.52. The van der Waals surface area contributed by atoms with Gasteiger partial charge in [0.25, 0.3) is 5.22 Å². The van der Waals surface area contributed by atoms with Gasteiger partial charge in [-0.3, -0.25) is 0 Å². The van der Waals surface area contributed by atoms with Crippen LogP contribution in [0.3, 0.4) is 0 Å². The molecule has 4 nitrogen and oxygen atoms in total. The van der Waals surface area contributed by atoms with Crippen molar-refractivity contribution < 1.29 is 4.42 Å². The Bertz CT molecular complexity index is 662. The van der Waals surface area contributed by atoms with Gasteiger partial charge in [0.05, 0.1) is 11.4 Å². The van der Waals surface area contributed by atoms with Crippen LogP contribution < -0.4 is 0 Å². The largest absolute Gasteiger partial charge is 0.415 e. The minimum atomic E-state index is 0.610. The molecule has 0 unspecified atom stereocenters. The van der Waals surface area contributed by atoms with Crippen molar-refractivity contribution in [2.24, 2.45) is 0 Å². The quantitative estimate of drug-likeness (QED) is 0.619. The molecular weight excluding hydrogens is 330 g/mol. The molecule has 0 aliphatic carbocycles. The summed E-state index contributed by atoms with van der Waals surface area (Å²) in [7, 11) is 0. The van der Waals surface area contributed by atoms with Gasteiger partial charge in [0, 0.05) is 22.1 Å². The fourth-order valence-electron chi connectivity index (χ4n) is 1.51. The van der Waals surface area contributed by atoms with E-state index in [0.717, 1.165) is 22.2 Å². The average molecular weight is 342 g/mol. The van der Waals surface area contributed by atoms with E-state index < -0.39 is 0 Å². The molecule has 3 heterocycles. The Morgan fingerprint density at radius 3 is 3.00 bits per heavy atom. The Kier molecular flexibility index (Phi) is 4.77. The Hall–Kier alpha value is -0.830. The number of thiazole rings is 1. The number of hydrogen-bond acceptors (Lipinski definition) is 8. The first-order chi connectivity index (χ1) is 9.85. The van der Waals surface area contributed by atoms with Crippen LogP contribution in [0.2, 0.25) is 0 Å². The first-order valence-corrected chi connectivity index (χ1v) is 9.96. The summed E-state index contributed by atoms with van der Waals surface area (Å²) in [5, 5.41) is 15.9. The molecule has 20 heavy (non-hydrogen) atoms. The molecule has 0 atom stereocenters. The third-order valence-corrected chi connectivity index (χ3v) is 5.39. The van der Waals surface area contributed by atoms with Crippen LogP contribution >= 0.6 is 46.2 Å². The lowest BCUT2D eigenvalue weighted by Crippen LogP contribution is -1.81. The maximum atomic E-state index is 5.52. The van der Waals surface area contributed by atoms with Crippen LogP contribution in [0.1, 0.15) is 11.6 Å². The molecule has 0 aromatic carbocycles. The minimum Gasteiger partial charge on any atom is -0.415 e. The molecule has 0 spiro atoms. The highest BCUT2D eigenvalue weighted by Crippen LogP contribution is 2.28. The number of rotatable bonds is 6. The van der Waals surface area contributed by atoms with E-state index in [1.54, 1.807) is 34.4 Å². The second kappa shape index (κ2) is 6.75. The molecule has 0 saturated carbocycles. The fraction of sp³-hybridized carbons (Fsp3) is 0.250. The molecule has 0 bridgehead atoms. The molecular formula is C12H11N3OS4. The lowest BCUT2D eigenvalue weighted by Gasteiger charge is -1.92. The molecule has 3 rings (SSSR count). The van der Waals surface area contributed by atoms with Crippen LogP contribution in [0.15, 0.2) is 31.8 Å². The Morgan fingerprint density at radius 1 is 1.25 bits per heavy atom. The summed E-state index contributed by atoms with van der Waals surface area (Å²) in [6, 6.07) is 2.09. The Labute approximate surface area is 133 Å². The van der Waals surface area contributed by atoms with Crippen LogP contribution in [0.25, 0.3) is 10.6 Å². The van der Waals surface area contributed by atoms with E-state index >= 15 is 0 Å². The van der Waals surface area contributed by atoms with Gasteiger partial charge in [0.15, 0.2) is 0 Å². The van der Waals surface area contributed by atoms with Gasteiger partial charge in [-0.15, -0.1) is 21.5 Å². The van der Waals surface area contributed by atoms with Crippen LogP contribution in [0.5, 0.6) is 0 Å². The van der Waals surface area contributed by atoms with Crippen LogP contribution in [0, 0.1) is 0 Å². The molecule has 3 aromatic heterocycles. The second-order valence-electron chi connectivity index (χ2n) is 3.84. The van der Waals surface area contributed by atoms with Crippen LogP contribution in [-0.4, -0.2) is 21.4 Å². The fourth-order valence-corrected chi connectivity index (χ4v) is 4.18. The molecule has 3 aromatic rings. The van der Waals surface area contributed by atoms with E-state index in [2.05, 4.69) is 37.4 Å². The smallest absolute Gasteiger partial charge is 0.276 e. The summed E-state index contributed by atoms with van der Waals surface area (Å²) in [6.07, 6.45) is 2.01. The number of thioether (sulfide) groups is 2. The van der Waals surface area contributed by atoms with Gasteiger partial charge >= 0.3 is 0 Å². The summed E-state index contributed by atoms with van der Waals surface area (Å²) in [4.78, 5) is 4.62. The van der Waals surface area contributed by atoms with E-state index in [1.165, 1.54) is 17.3 Å².